The zero-order valence-electron chi connectivity index (χ0n) is 14.0. The zero-order valence-corrected chi connectivity index (χ0v) is 14.9. The summed E-state index contributed by atoms with van der Waals surface area (Å²) in [5, 5.41) is 14.6. The summed E-state index contributed by atoms with van der Waals surface area (Å²) < 4.78 is 14.6. The molecule has 0 saturated carbocycles. The average molecular weight is 352 g/mol. The van der Waals surface area contributed by atoms with Gasteiger partial charge < -0.3 is 14.8 Å². The van der Waals surface area contributed by atoms with Crippen LogP contribution in [0.1, 0.15) is 24.7 Å². The molecule has 2 N–H and O–H groups in total. The molecule has 0 aliphatic rings. The minimum atomic E-state index is -3.13. The highest BCUT2D eigenvalue weighted by atomic mass is 31.2. The second-order valence-electron chi connectivity index (χ2n) is 5.80. The molecule has 3 rings (SSSR count). The molecule has 0 aliphatic carbocycles. The monoisotopic (exact) mass is 352 g/mol. The van der Waals surface area contributed by atoms with Gasteiger partial charge in [-0.25, -0.2) is 0 Å². The maximum atomic E-state index is 14.6. The molecule has 0 aliphatic heterocycles. The van der Waals surface area contributed by atoms with E-state index >= 15 is 0 Å². The predicted molar refractivity (Wildman–Crippen MR) is 103 cm³/mol. The minimum Gasteiger partial charge on any atom is -0.411 e. The molecule has 5 heteroatoms. The molecule has 1 unspecified atom stereocenters. The first-order valence-electron chi connectivity index (χ1n) is 8.26. The van der Waals surface area contributed by atoms with E-state index in [4.69, 9.17) is 0 Å². The van der Waals surface area contributed by atoms with Crippen LogP contribution >= 0.6 is 7.14 Å². The topological polar surface area (TPSA) is 65.5 Å². The van der Waals surface area contributed by atoms with Crippen molar-refractivity contribution in [2.45, 2.75) is 19.0 Å². The highest BCUT2D eigenvalue weighted by Gasteiger charge is 2.41. The SMILES string of the molecule is CC/C(=N\O)C(c1ccc[nH]1)P(=O)(c1ccccc1)c1ccccc1. The van der Waals surface area contributed by atoms with E-state index in [0.29, 0.717) is 12.1 Å². The van der Waals surface area contributed by atoms with Crippen molar-refractivity contribution in [3.8, 4) is 0 Å². The van der Waals surface area contributed by atoms with E-state index in [1.165, 1.54) is 0 Å². The van der Waals surface area contributed by atoms with Gasteiger partial charge >= 0.3 is 0 Å². The van der Waals surface area contributed by atoms with Crippen LogP contribution < -0.4 is 10.6 Å². The van der Waals surface area contributed by atoms with E-state index in [9.17, 15) is 9.77 Å². The van der Waals surface area contributed by atoms with E-state index < -0.39 is 12.8 Å². The van der Waals surface area contributed by atoms with Crippen molar-refractivity contribution in [3.63, 3.8) is 0 Å². The number of benzene rings is 2. The second-order valence-corrected chi connectivity index (χ2v) is 8.67. The molecule has 25 heavy (non-hydrogen) atoms. The van der Waals surface area contributed by atoms with E-state index in [0.717, 1.165) is 16.3 Å². The Hall–Kier alpha value is -2.58. The Labute approximate surface area is 147 Å². The van der Waals surface area contributed by atoms with Gasteiger partial charge in [-0.15, -0.1) is 0 Å². The van der Waals surface area contributed by atoms with Gasteiger partial charge in [0.15, 0.2) is 7.14 Å². The molecule has 4 nitrogen and oxygen atoms in total. The normalized spacial score (nSPS) is 13.6. The van der Waals surface area contributed by atoms with Crippen LogP contribution in [0.15, 0.2) is 84.1 Å². The van der Waals surface area contributed by atoms with Gasteiger partial charge in [-0.1, -0.05) is 72.7 Å². The molecule has 2 aromatic carbocycles. The summed E-state index contributed by atoms with van der Waals surface area (Å²) in [5.74, 6) is 0. The molecule has 1 aromatic heterocycles. The molecule has 1 atom stereocenters. The summed E-state index contributed by atoms with van der Waals surface area (Å²) in [4.78, 5) is 3.17. The van der Waals surface area contributed by atoms with Gasteiger partial charge in [0.1, 0.15) is 5.66 Å². The van der Waals surface area contributed by atoms with Crippen LogP contribution in [0.2, 0.25) is 0 Å². The molecule has 3 aromatic rings. The van der Waals surface area contributed by atoms with Gasteiger partial charge in [0, 0.05) is 22.5 Å². The summed E-state index contributed by atoms with van der Waals surface area (Å²) in [6, 6.07) is 22.7. The Balaban J connectivity index is 2.31. The third kappa shape index (κ3) is 3.18. The molecule has 0 amide bonds. The quantitative estimate of drug-likeness (QED) is 0.300. The molecule has 0 bridgehead atoms. The third-order valence-corrected chi connectivity index (χ3v) is 7.80. The molecule has 128 valence electrons. The van der Waals surface area contributed by atoms with Gasteiger partial charge in [-0.05, 0) is 18.6 Å². The van der Waals surface area contributed by atoms with E-state index in [-0.39, 0.29) is 0 Å². The van der Waals surface area contributed by atoms with Crippen LogP contribution in [0.5, 0.6) is 0 Å². The Morgan fingerprint density at radius 1 is 1.00 bits per heavy atom. The number of rotatable bonds is 6. The van der Waals surface area contributed by atoms with Crippen molar-refractivity contribution in [3.05, 3.63) is 84.7 Å². The highest BCUT2D eigenvalue weighted by molar-refractivity contribution is 7.79. The summed E-state index contributed by atoms with van der Waals surface area (Å²) >= 11 is 0. The number of H-pyrrole nitrogens is 1. The number of nitrogens with one attached hydrogen (secondary N) is 1. The summed E-state index contributed by atoms with van der Waals surface area (Å²) in [6.45, 7) is 1.91. The second kappa shape index (κ2) is 7.54. The standard InChI is InChI=1S/C20H21N2O2P/c1-2-18(22-23)20(19-14-9-15-21-19)25(24,16-10-5-3-6-11-16)17-12-7-4-8-13-17/h3-15,20-21,23H,2H2,1H3/b22-18+. The van der Waals surface area contributed by atoms with Crippen molar-refractivity contribution in [2.24, 2.45) is 5.16 Å². The summed E-state index contributed by atoms with van der Waals surface area (Å²) in [5.41, 5.74) is 0.742. The first-order chi connectivity index (χ1) is 12.2. The maximum absolute atomic E-state index is 14.6. The van der Waals surface area contributed by atoms with Crippen molar-refractivity contribution in [2.75, 3.05) is 0 Å². The number of oxime groups is 1. The minimum absolute atomic E-state index is 0.499. The first-order valence-corrected chi connectivity index (χ1v) is 10.0. The first kappa shape index (κ1) is 17.2. The van der Waals surface area contributed by atoms with Gasteiger partial charge in [-0.2, -0.15) is 0 Å². The fourth-order valence-corrected chi connectivity index (χ4v) is 6.50. The Kier molecular flexibility index (Phi) is 5.20. The predicted octanol–water partition coefficient (Wildman–Crippen LogP) is 4.31. The third-order valence-electron chi connectivity index (χ3n) is 4.37. The Bertz CT molecular complexity index is 831. The van der Waals surface area contributed by atoms with E-state index in [1.54, 1.807) is 6.20 Å². The number of nitrogens with zero attached hydrogens (tertiary/aromatic N) is 1. The van der Waals surface area contributed by atoms with Crippen LogP contribution in [0.25, 0.3) is 0 Å². The number of aromatic amines is 1. The van der Waals surface area contributed by atoms with E-state index in [2.05, 4.69) is 10.1 Å². The van der Waals surface area contributed by atoms with Crippen molar-refractivity contribution in [1.82, 2.24) is 4.98 Å². The largest absolute Gasteiger partial charge is 0.411 e. The van der Waals surface area contributed by atoms with Gasteiger partial charge in [0.2, 0.25) is 0 Å². The fraction of sp³-hybridized carbons (Fsp3) is 0.150. The molecule has 0 radical (unpaired) electrons. The number of aromatic nitrogens is 1. The highest BCUT2D eigenvalue weighted by Crippen LogP contribution is 2.57. The maximum Gasteiger partial charge on any atom is 0.157 e. The van der Waals surface area contributed by atoms with Crippen LogP contribution in [0.4, 0.5) is 0 Å². The summed E-state index contributed by atoms with van der Waals surface area (Å²) in [6.07, 6.45) is 2.30. The van der Waals surface area contributed by atoms with Crippen LogP contribution in [0, 0.1) is 0 Å². The van der Waals surface area contributed by atoms with Gasteiger partial charge in [0.25, 0.3) is 0 Å². The molecular formula is C20H21N2O2P. The van der Waals surface area contributed by atoms with E-state index in [1.807, 2.05) is 79.7 Å². The fourth-order valence-electron chi connectivity index (χ4n) is 3.16. The van der Waals surface area contributed by atoms with Crippen LogP contribution in [-0.2, 0) is 4.57 Å². The molecule has 0 saturated heterocycles. The smallest absolute Gasteiger partial charge is 0.157 e. The lowest BCUT2D eigenvalue weighted by Gasteiger charge is -2.28. The van der Waals surface area contributed by atoms with Gasteiger partial charge in [0.05, 0.1) is 5.71 Å². The zero-order chi connectivity index (χ0) is 17.7. The van der Waals surface area contributed by atoms with Crippen molar-refractivity contribution >= 4 is 23.5 Å². The van der Waals surface area contributed by atoms with Gasteiger partial charge in [-0.3, -0.25) is 0 Å². The summed E-state index contributed by atoms with van der Waals surface area (Å²) in [7, 11) is -3.13. The number of hydrogen-bond acceptors (Lipinski definition) is 3. The van der Waals surface area contributed by atoms with Crippen LogP contribution in [-0.4, -0.2) is 15.9 Å². The van der Waals surface area contributed by atoms with Crippen molar-refractivity contribution in [1.29, 1.82) is 0 Å². The Morgan fingerprint density at radius 2 is 1.56 bits per heavy atom. The van der Waals surface area contributed by atoms with Crippen LogP contribution in [0.3, 0.4) is 0 Å². The molecule has 0 fully saturated rings. The molecular weight excluding hydrogens is 331 g/mol. The lowest BCUT2D eigenvalue weighted by molar-refractivity contribution is 0.316. The average Bonchev–Trinajstić information content (AvgIpc) is 3.21. The Morgan fingerprint density at radius 3 is 1.96 bits per heavy atom. The lowest BCUT2D eigenvalue weighted by atomic mass is 10.1. The van der Waals surface area contributed by atoms with Crippen molar-refractivity contribution < 1.29 is 9.77 Å². The molecule has 1 heterocycles. The molecule has 0 spiro atoms. The number of hydrogen-bond donors (Lipinski definition) is 2. The lowest BCUT2D eigenvalue weighted by Crippen LogP contribution is -2.26.